The van der Waals surface area contributed by atoms with Gasteiger partial charge in [0.2, 0.25) is 5.79 Å². The lowest BCUT2D eigenvalue weighted by Gasteiger charge is -2.47. The van der Waals surface area contributed by atoms with Crippen LogP contribution < -0.4 is 0 Å². The third kappa shape index (κ3) is 12.0. The van der Waals surface area contributed by atoms with Gasteiger partial charge < -0.3 is 34.1 Å². The number of Topliss-reactive ketones (excluding diaryl/α,β-unsaturated/α-hetero) is 3. The zero-order chi connectivity index (χ0) is 42.7. The lowest BCUT2D eigenvalue weighted by Crippen LogP contribution is -2.64. The van der Waals surface area contributed by atoms with Crippen LogP contribution in [0.15, 0.2) is 35.5 Å². The Balaban J connectivity index is 1.78. The maximum absolute atomic E-state index is 14.3. The van der Waals surface area contributed by atoms with Gasteiger partial charge in [-0.15, -0.1) is 0 Å². The average Bonchev–Trinajstić information content (AvgIpc) is 3.20. The van der Waals surface area contributed by atoms with Crippen LogP contribution in [0.2, 0.25) is 0 Å². The highest BCUT2D eigenvalue weighted by atomic mass is 16.7. The maximum atomic E-state index is 14.3. The number of piperidine rings is 1. The number of aliphatic hydroxyl groups is 2. The van der Waals surface area contributed by atoms with Gasteiger partial charge >= 0.3 is 5.97 Å². The van der Waals surface area contributed by atoms with E-state index in [4.69, 9.17) is 18.9 Å². The van der Waals surface area contributed by atoms with Crippen LogP contribution >= 0.6 is 0 Å². The van der Waals surface area contributed by atoms with Gasteiger partial charge in [-0.05, 0) is 95.5 Å². The number of allylic oxidation sites excluding steroid dienone is 5. The molecule has 4 rings (SSSR count). The summed E-state index contributed by atoms with van der Waals surface area (Å²) in [5, 5.41) is 23.8. The molecule has 12 heteroatoms. The number of nitrogens with zero attached hydrogens (tertiary/aromatic N) is 1. The SMILES string of the molecule is CCC/C=C/C[C@@H]1/C=C(\C)C[C@H](C)C[C@H](OC)[C@H]2O[C@@](O)(C(=O)C(=O)N3CCCC[C@H]3C(=O)O[C@H](/C(C)=C/C3CCC(=O)CC3)[C@H](C)[C@@H](O)CC1=O)[C@H](C)C[C@@H]2OC. The first kappa shape index (κ1) is 47.6. The third-order valence-electron chi connectivity index (χ3n) is 13.0. The van der Waals surface area contributed by atoms with Crippen LogP contribution in [0.1, 0.15) is 131 Å². The molecule has 0 aromatic carbocycles. The zero-order valence-corrected chi connectivity index (χ0v) is 36.3. The molecule has 2 saturated heterocycles. The van der Waals surface area contributed by atoms with Crippen LogP contribution in [0.5, 0.6) is 0 Å². The van der Waals surface area contributed by atoms with Gasteiger partial charge in [-0.1, -0.05) is 64.0 Å². The van der Waals surface area contributed by atoms with E-state index in [2.05, 4.69) is 19.9 Å². The summed E-state index contributed by atoms with van der Waals surface area (Å²) in [6, 6.07) is -1.13. The Labute approximate surface area is 346 Å². The molecule has 0 unspecified atom stereocenters. The summed E-state index contributed by atoms with van der Waals surface area (Å²) in [4.78, 5) is 70.1. The first-order valence-electron chi connectivity index (χ1n) is 21.8. The first-order valence-corrected chi connectivity index (χ1v) is 21.8. The smallest absolute Gasteiger partial charge is 0.329 e. The monoisotopic (exact) mass is 814 g/mol. The molecule has 3 fully saturated rings. The molecule has 58 heavy (non-hydrogen) atoms. The summed E-state index contributed by atoms with van der Waals surface area (Å²) in [6.07, 6.45) is 11.0. The molecular formula is C46H71NO11. The van der Waals surface area contributed by atoms with Crippen LogP contribution in [0.4, 0.5) is 0 Å². The van der Waals surface area contributed by atoms with Crippen LogP contribution in [0, 0.1) is 29.6 Å². The van der Waals surface area contributed by atoms with Gasteiger partial charge in [-0.2, -0.15) is 0 Å². The Morgan fingerprint density at radius 2 is 1.64 bits per heavy atom. The standard InChI is InChI=1S/C46H71NO11/c1-9-10-11-12-15-34-23-28(2)22-29(3)24-39(55-7)42-40(56-8)26-31(5)46(54,58-42)43(51)44(52)47-21-14-13-16-36(47)45(53)57-41(32(6)37(49)27-38(34)50)30(4)25-33-17-19-35(48)20-18-33/h11-12,23,25,29,31-34,36-37,39-42,49,54H,9-10,13-22,24,26-27H2,1-8H3/b12-11+,28-23+,30-25+/t29-,31+,32+,34+,36-,37-,39-,40-,41+,42+,46+/m0/s1. The molecule has 11 atom stereocenters. The van der Waals surface area contributed by atoms with Crippen LogP contribution in [-0.4, -0.2) is 107 Å². The predicted molar refractivity (Wildman–Crippen MR) is 219 cm³/mol. The van der Waals surface area contributed by atoms with E-state index in [1.165, 1.54) is 19.1 Å². The van der Waals surface area contributed by atoms with Crippen molar-refractivity contribution in [3.05, 3.63) is 35.5 Å². The Kier molecular flexibility index (Phi) is 18.1. The number of ketones is 3. The number of aliphatic hydroxyl groups excluding tert-OH is 1. The molecule has 2 bridgehead atoms. The molecule has 1 aliphatic carbocycles. The van der Waals surface area contributed by atoms with Crippen LogP contribution in [0.3, 0.4) is 0 Å². The molecule has 3 heterocycles. The number of carbonyl (C=O) groups is 5. The van der Waals surface area contributed by atoms with Crippen LogP contribution in [0.25, 0.3) is 0 Å². The van der Waals surface area contributed by atoms with Gasteiger partial charge in [0, 0.05) is 57.8 Å². The first-order chi connectivity index (χ1) is 27.5. The number of carbonyl (C=O) groups excluding carboxylic acids is 5. The van der Waals surface area contributed by atoms with Gasteiger partial charge in [0.15, 0.2) is 0 Å². The van der Waals surface area contributed by atoms with E-state index in [0.717, 1.165) is 18.4 Å². The zero-order valence-electron chi connectivity index (χ0n) is 36.3. The topological polar surface area (TPSA) is 166 Å². The van der Waals surface area contributed by atoms with Gasteiger partial charge in [-0.3, -0.25) is 19.2 Å². The maximum Gasteiger partial charge on any atom is 0.329 e. The Morgan fingerprint density at radius 1 is 0.966 bits per heavy atom. The summed E-state index contributed by atoms with van der Waals surface area (Å²) in [5.41, 5.74) is 1.67. The molecule has 2 N–H and O–H groups in total. The minimum Gasteiger partial charge on any atom is -0.456 e. The van der Waals surface area contributed by atoms with E-state index in [9.17, 15) is 34.2 Å². The number of rotatable bonds is 8. The third-order valence-corrected chi connectivity index (χ3v) is 13.0. The van der Waals surface area contributed by atoms with Crippen molar-refractivity contribution < 1.29 is 53.1 Å². The Hall–Kier alpha value is -3.03. The normalized spacial score (nSPS) is 37.2. The molecule has 326 valence electrons. The molecular weight excluding hydrogens is 743 g/mol. The van der Waals surface area contributed by atoms with Crippen molar-refractivity contribution in [2.75, 3.05) is 20.8 Å². The minimum absolute atomic E-state index is 0.0215. The van der Waals surface area contributed by atoms with Gasteiger partial charge in [0.25, 0.3) is 11.7 Å². The second kappa shape index (κ2) is 22.0. The highest BCUT2D eigenvalue weighted by molar-refractivity contribution is 6.39. The number of cyclic esters (lactones) is 1. The Bertz CT molecular complexity index is 1530. The van der Waals surface area contributed by atoms with E-state index in [0.29, 0.717) is 63.4 Å². The number of amides is 1. The number of ether oxygens (including phenoxy) is 4. The van der Waals surface area contributed by atoms with Crippen molar-refractivity contribution in [2.45, 2.75) is 174 Å². The van der Waals surface area contributed by atoms with Crippen molar-refractivity contribution in [1.29, 1.82) is 0 Å². The van der Waals surface area contributed by atoms with E-state index in [1.807, 2.05) is 32.1 Å². The van der Waals surface area contributed by atoms with E-state index in [-0.39, 0.29) is 49.2 Å². The van der Waals surface area contributed by atoms with Gasteiger partial charge in [0.05, 0.1) is 18.3 Å². The highest BCUT2D eigenvalue weighted by Crippen LogP contribution is 2.39. The molecule has 0 aromatic rings. The number of unbranched alkanes of at least 4 members (excludes halogenated alkanes) is 1. The van der Waals surface area contributed by atoms with E-state index >= 15 is 0 Å². The predicted octanol–water partition coefficient (Wildman–Crippen LogP) is 6.39. The summed E-state index contributed by atoms with van der Waals surface area (Å²) in [7, 11) is 3.07. The molecule has 12 nitrogen and oxygen atoms in total. The van der Waals surface area contributed by atoms with Crippen LogP contribution in [-0.2, 0) is 42.9 Å². The molecule has 0 aromatic heterocycles. The second-order valence-electron chi connectivity index (χ2n) is 17.7. The molecule has 1 saturated carbocycles. The van der Waals surface area contributed by atoms with Gasteiger partial charge in [-0.25, -0.2) is 4.79 Å². The van der Waals surface area contributed by atoms with E-state index in [1.54, 1.807) is 13.8 Å². The van der Waals surface area contributed by atoms with Crippen molar-refractivity contribution in [3.63, 3.8) is 0 Å². The molecule has 4 aliphatic rings. The number of fused-ring (bicyclic) bond motifs is 3. The van der Waals surface area contributed by atoms with Crippen molar-refractivity contribution in [1.82, 2.24) is 4.90 Å². The molecule has 0 radical (unpaired) electrons. The van der Waals surface area contributed by atoms with Crippen molar-refractivity contribution >= 4 is 29.2 Å². The summed E-state index contributed by atoms with van der Waals surface area (Å²) >= 11 is 0. The molecule has 3 aliphatic heterocycles. The number of hydrogen-bond donors (Lipinski definition) is 2. The summed E-state index contributed by atoms with van der Waals surface area (Å²) < 4.78 is 24.3. The van der Waals surface area contributed by atoms with Crippen molar-refractivity contribution in [3.8, 4) is 0 Å². The number of hydrogen-bond acceptors (Lipinski definition) is 11. The largest absolute Gasteiger partial charge is 0.456 e. The fraction of sp³-hybridized carbons (Fsp3) is 0.761. The lowest BCUT2D eigenvalue weighted by atomic mass is 9.82. The van der Waals surface area contributed by atoms with Crippen molar-refractivity contribution in [2.24, 2.45) is 29.6 Å². The number of methoxy groups -OCH3 is 2. The second-order valence-corrected chi connectivity index (χ2v) is 17.7. The average molecular weight is 814 g/mol. The Morgan fingerprint density at radius 3 is 2.29 bits per heavy atom. The quantitative estimate of drug-likeness (QED) is 0.158. The number of esters is 1. The van der Waals surface area contributed by atoms with E-state index < -0.39 is 77.8 Å². The molecule has 0 spiro atoms. The highest BCUT2D eigenvalue weighted by Gasteiger charge is 2.56. The fourth-order valence-corrected chi connectivity index (χ4v) is 9.35. The van der Waals surface area contributed by atoms with Gasteiger partial charge in [0.1, 0.15) is 29.8 Å². The fourth-order valence-electron chi connectivity index (χ4n) is 9.35. The minimum atomic E-state index is -2.50. The summed E-state index contributed by atoms with van der Waals surface area (Å²) in [5.74, 6) is -7.27. The molecule has 1 amide bonds. The lowest BCUT2D eigenvalue weighted by molar-refractivity contribution is -0.302. The summed E-state index contributed by atoms with van der Waals surface area (Å²) in [6.45, 7) is 11.5.